The number of amides is 1. The maximum absolute atomic E-state index is 11.1. The van der Waals surface area contributed by atoms with Crippen LogP contribution in [0, 0.1) is 5.92 Å². The van der Waals surface area contributed by atoms with Gasteiger partial charge in [-0.25, -0.2) is 4.79 Å². The number of hydrogen-bond donors (Lipinski definition) is 2. The van der Waals surface area contributed by atoms with Gasteiger partial charge in [-0.15, -0.1) is 11.3 Å². The summed E-state index contributed by atoms with van der Waals surface area (Å²) >= 11 is 1.55. The molecule has 3 N–H and O–H groups in total. The van der Waals surface area contributed by atoms with Gasteiger partial charge in [0.05, 0.1) is 4.88 Å². The van der Waals surface area contributed by atoms with E-state index in [0.717, 1.165) is 6.54 Å². The number of thiophene rings is 1. The Bertz CT molecular complexity index is 573. The Kier molecular flexibility index (Phi) is 7.22. The molecule has 1 amide bonds. The van der Waals surface area contributed by atoms with Crippen molar-refractivity contribution in [3.8, 4) is 0 Å². The summed E-state index contributed by atoms with van der Waals surface area (Å²) in [5, 5.41) is 7.12. The van der Waals surface area contributed by atoms with Gasteiger partial charge < -0.3 is 10.8 Å². The Labute approximate surface area is 142 Å². The highest BCUT2D eigenvalue weighted by Crippen LogP contribution is 2.36. The molecule has 0 saturated carbocycles. The monoisotopic (exact) mass is 366 g/mol. The number of alkyl halides is 3. The fourth-order valence-electron chi connectivity index (χ4n) is 2.50. The molecule has 0 bridgehead atoms. The first-order valence-electron chi connectivity index (χ1n) is 7.46. The zero-order chi connectivity index (χ0) is 18.5. The first kappa shape index (κ1) is 20.4. The molecular weight excluding hydrogens is 345 g/mol. The number of carbonyl (C=O) groups is 2. The van der Waals surface area contributed by atoms with Gasteiger partial charge in [0.15, 0.2) is 0 Å². The number of carboxylic acids is 1. The maximum Gasteiger partial charge on any atom is 0.490 e. The van der Waals surface area contributed by atoms with Gasteiger partial charge in [0.2, 0.25) is 0 Å². The summed E-state index contributed by atoms with van der Waals surface area (Å²) < 4.78 is 31.7. The lowest BCUT2D eigenvalue weighted by Gasteiger charge is -2.25. The lowest BCUT2D eigenvalue weighted by molar-refractivity contribution is -0.192. The van der Waals surface area contributed by atoms with Crippen LogP contribution in [0.25, 0.3) is 0 Å². The predicted octanol–water partition coefficient (Wildman–Crippen LogP) is 3.27. The van der Waals surface area contributed by atoms with E-state index in [-0.39, 0.29) is 5.91 Å². The predicted molar refractivity (Wildman–Crippen MR) is 84.9 cm³/mol. The molecule has 24 heavy (non-hydrogen) atoms. The van der Waals surface area contributed by atoms with Crippen molar-refractivity contribution in [2.24, 2.45) is 11.7 Å². The molecule has 0 spiro atoms. The van der Waals surface area contributed by atoms with Crippen LogP contribution in [0.3, 0.4) is 0 Å². The molecular formula is C15H21F3N2O3S. The molecule has 1 saturated heterocycles. The van der Waals surface area contributed by atoms with Gasteiger partial charge >= 0.3 is 12.1 Å². The molecule has 1 fully saturated rings. The van der Waals surface area contributed by atoms with Crippen LogP contribution in [0.2, 0.25) is 0 Å². The molecule has 0 radical (unpaired) electrons. The lowest BCUT2D eigenvalue weighted by atomic mass is 10.1. The third kappa shape index (κ3) is 6.12. The minimum absolute atomic E-state index is 0.311. The molecule has 5 nitrogen and oxygen atoms in total. The average molecular weight is 366 g/mol. The van der Waals surface area contributed by atoms with Crippen LogP contribution in [0.1, 0.15) is 47.3 Å². The zero-order valence-electron chi connectivity index (χ0n) is 13.5. The van der Waals surface area contributed by atoms with E-state index in [1.54, 1.807) is 11.3 Å². The standard InChI is InChI=1S/C13H20N2OS.C2HF3O2/c1-9(2)8-15-7-3-4-10(15)11-5-6-12(17-11)13(14)16;3-2(4,5)1(6)7/h5-6,9-10H,3-4,7-8H2,1-2H3,(H2,14,16);(H,6,7). The van der Waals surface area contributed by atoms with Gasteiger partial charge in [0.1, 0.15) is 0 Å². The summed E-state index contributed by atoms with van der Waals surface area (Å²) in [6.45, 7) is 6.80. The molecule has 1 aromatic rings. The van der Waals surface area contributed by atoms with Crippen molar-refractivity contribution >= 4 is 23.2 Å². The number of nitrogens with zero attached hydrogens (tertiary/aromatic N) is 1. The summed E-state index contributed by atoms with van der Waals surface area (Å²) in [7, 11) is 0. The largest absolute Gasteiger partial charge is 0.490 e. The smallest absolute Gasteiger partial charge is 0.475 e. The second kappa shape index (κ2) is 8.48. The number of aliphatic carboxylic acids is 1. The highest BCUT2D eigenvalue weighted by atomic mass is 32.1. The Balaban J connectivity index is 0.000000351. The van der Waals surface area contributed by atoms with E-state index in [1.165, 1.54) is 24.3 Å². The molecule has 2 rings (SSSR count). The van der Waals surface area contributed by atoms with Crippen molar-refractivity contribution in [1.82, 2.24) is 4.90 Å². The van der Waals surface area contributed by atoms with Crippen molar-refractivity contribution in [3.05, 3.63) is 21.9 Å². The summed E-state index contributed by atoms with van der Waals surface area (Å²) in [5.74, 6) is -2.38. The van der Waals surface area contributed by atoms with E-state index >= 15 is 0 Å². The summed E-state index contributed by atoms with van der Waals surface area (Å²) in [6.07, 6.45) is -2.63. The zero-order valence-corrected chi connectivity index (χ0v) is 14.3. The van der Waals surface area contributed by atoms with Crippen LogP contribution in [0.5, 0.6) is 0 Å². The van der Waals surface area contributed by atoms with E-state index in [9.17, 15) is 18.0 Å². The minimum Gasteiger partial charge on any atom is -0.475 e. The molecule has 0 aliphatic carbocycles. The van der Waals surface area contributed by atoms with Gasteiger partial charge in [-0.05, 0) is 37.4 Å². The van der Waals surface area contributed by atoms with Crippen LogP contribution in [0.4, 0.5) is 13.2 Å². The first-order chi connectivity index (χ1) is 11.0. The normalized spacial score (nSPS) is 18.3. The Morgan fingerprint density at radius 2 is 2.00 bits per heavy atom. The summed E-state index contributed by atoms with van der Waals surface area (Å²) in [5.41, 5.74) is 5.30. The molecule has 1 aromatic heterocycles. The number of nitrogens with two attached hydrogens (primary N) is 1. The topological polar surface area (TPSA) is 83.6 Å². The molecule has 1 aliphatic heterocycles. The Morgan fingerprint density at radius 3 is 2.42 bits per heavy atom. The third-order valence-electron chi connectivity index (χ3n) is 3.40. The SMILES string of the molecule is CC(C)CN1CCCC1c1ccc(C(N)=O)s1.O=C(O)C(F)(F)F. The number of primary amides is 1. The van der Waals surface area contributed by atoms with E-state index in [2.05, 4.69) is 24.8 Å². The Hall–Kier alpha value is -1.61. The van der Waals surface area contributed by atoms with Crippen molar-refractivity contribution in [3.63, 3.8) is 0 Å². The van der Waals surface area contributed by atoms with Crippen molar-refractivity contribution in [2.45, 2.75) is 38.9 Å². The van der Waals surface area contributed by atoms with Gasteiger partial charge in [-0.3, -0.25) is 9.69 Å². The molecule has 0 aromatic carbocycles. The van der Waals surface area contributed by atoms with Crippen LogP contribution in [0.15, 0.2) is 12.1 Å². The Morgan fingerprint density at radius 1 is 1.42 bits per heavy atom. The van der Waals surface area contributed by atoms with Crippen LogP contribution < -0.4 is 5.73 Å². The second-order valence-corrected chi connectivity index (χ2v) is 7.03. The number of carbonyl (C=O) groups excluding carboxylic acids is 1. The minimum atomic E-state index is -5.08. The maximum atomic E-state index is 11.1. The van der Waals surface area contributed by atoms with E-state index in [4.69, 9.17) is 15.6 Å². The molecule has 136 valence electrons. The molecule has 1 aliphatic rings. The molecule has 2 heterocycles. The highest BCUT2D eigenvalue weighted by molar-refractivity contribution is 7.14. The van der Waals surface area contributed by atoms with Crippen LogP contribution >= 0.6 is 11.3 Å². The van der Waals surface area contributed by atoms with Crippen LogP contribution in [-0.2, 0) is 4.79 Å². The molecule has 9 heteroatoms. The lowest BCUT2D eigenvalue weighted by Crippen LogP contribution is -2.26. The van der Waals surface area contributed by atoms with E-state index in [0.29, 0.717) is 16.8 Å². The van der Waals surface area contributed by atoms with E-state index in [1.807, 2.05) is 6.07 Å². The number of rotatable bonds is 4. The fraction of sp³-hybridized carbons (Fsp3) is 0.600. The number of likely N-dealkylation sites (tertiary alicyclic amines) is 1. The van der Waals surface area contributed by atoms with Gasteiger partial charge in [0, 0.05) is 17.5 Å². The number of halogens is 3. The van der Waals surface area contributed by atoms with Gasteiger partial charge in [0.25, 0.3) is 5.91 Å². The van der Waals surface area contributed by atoms with Crippen molar-refractivity contribution in [2.75, 3.05) is 13.1 Å². The van der Waals surface area contributed by atoms with Crippen molar-refractivity contribution < 1.29 is 27.9 Å². The second-order valence-electron chi connectivity index (χ2n) is 5.92. The molecule has 1 unspecified atom stereocenters. The molecule has 1 atom stereocenters. The quantitative estimate of drug-likeness (QED) is 0.857. The first-order valence-corrected chi connectivity index (χ1v) is 8.27. The fourth-order valence-corrected chi connectivity index (χ4v) is 3.53. The number of hydrogen-bond acceptors (Lipinski definition) is 4. The average Bonchev–Trinajstić information content (AvgIpc) is 3.05. The van der Waals surface area contributed by atoms with E-state index < -0.39 is 12.1 Å². The van der Waals surface area contributed by atoms with Gasteiger partial charge in [-0.1, -0.05) is 13.8 Å². The summed E-state index contributed by atoms with van der Waals surface area (Å²) in [6, 6.07) is 4.41. The third-order valence-corrected chi connectivity index (χ3v) is 4.60. The van der Waals surface area contributed by atoms with Crippen molar-refractivity contribution in [1.29, 1.82) is 0 Å². The highest BCUT2D eigenvalue weighted by Gasteiger charge is 2.38. The van der Waals surface area contributed by atoms with Gasteiger partial charge in [-0.2, -0.15) is 13.2 Å². The summed E-state index contributed by atoms with van der Waals surface area (Å²) in [4.78, 5) is 24.5. The number of carboxylic acid groups (broad SMARTS) is 1. The van der Waals surface area contributed by atoms with Crippen LogP contribution in [-0.4, -0.2) is 41.1 Å².